The van der Waals surface area contributed by atoms with Gasteiger partial charge in [0.05, 0.1) is 11.6 Å². The first kappa shape index (κ1) is 14.8. The molecule has 1 heterocycles. The Labute approximate surface area is 125 Å². The number of rotatable bonds is 5. The van der Waals surface area contributed by atoms with E-state index in [1.165, 1.54) is 6.07 Å². The summed E-state index contributed by atoms with van der Waals surface area (Å²) in [5.74, 6) is 0.0747. The molecule has 1 aromatic heterocycles. The highest BCUT2D eigenvalue weighted by molar-refractivity contribution is 6.36. The third kappa shape index (κ3) is 3.50. The maximum atomic E-state index is 11.8. The number of nitrogens with one attached hydrogen (secondary N) is 1. The number of carbonyl (C=O) groups excluding carboxylic acids is 1. The fourth-order valence-corrected chi connectivity index (χ4v) is 2.06. The summed E-state index contributed by atoms with van der Waals surface area (Å²) in [6.45, 7) is 0.832. The Balaban J connectivity index is 2.14. The molecule has 0 fully saturated rings. The van der Waals surface area contributed by atoms with Crippen molar-refractivity contribution in [3.05, 3.63) is 40.0 Å². The predicted molar refractivity (Wildman–Crippen MR) is 76.2 cm³/mol. The lowest BCUT2D eigenvalue weighted by atomic mass is 10.1. The molecule has 0 unspecified atom stereocenters. The van der Waals surface area contributed by atoms with Gasteiger partial charge in [0.25, 0.3) is 5.91 Å². The van der Waals surface area contributed by atoms with Gasteiger partial charge in [0.15, 0.2) is 11.5 Å². The Morgan fingerprint density at radius 3 is 2.90 bits per heavy atom. The summed E-state index contributed by atoms with van der Waals surface area (Å²) < 4.78 is 9.97. The van der Waals surface area contributed by atoms with E-state index in [-0.39, 0.29) is 11.6 Å². The minimum absolute atomic E-state index is 0.183. The highest BCUT2D eigenvalue weighted by Gasteiger charge is 2.15. The van der Waals surface area contributed by atoms with Crippen LogP contribution in [-0.4, -0.2) is 31.3 Å². The number of ether oxygens (including phenoxy) is 1. The summed E-state index contributed by atoms with van der Waals surface area (Å²) in [5, 5.41) is 7.32. The molecule has 1 amide bonds. The van der Waals surface area contributed by atoms with Crippen molar-refractivity contribution in [2.75, 3.05) is 20.3 Å². The molecule has 0 bridgehead atoms. The number of hydrogen-bond donors (Lipinski definition) is 1. The highest BCUT2D eigenvalue weighted by atomic mass is 35.5. The number of carbonyl (C=O) groups is 1. The van der Waals surface area contributed by atoms with E-state index in [4.69, 9.17) is 32.5 Å². The first-order valence-electron chi connectivity index (χ1n) is 5.81. The number of nitrogens with zero attached hydrogens (tertiary/aromatic N) is 1. The molecular formula is C13H12Cl2N2O3. The SMILES string of the molecule is COCCNC(=O)c1cc(-c2ccc(Cl)cc2Cl)on1. The minimum atomic E-state index is -0.331. The minimum Gasteiger partial charge on any atom is -0.383 e. The van der Waals surface area contributed by atoms with Gasteiger partial charge in [-0.3, -0.25) is 4.79 Å². The van der Waals surface area contributed by atoms with Crippen molar-refractivity contribution in [1.82, 2.24) is 10.5 Å². The number of halogens is 2. The maximum absolute atomic E-state index is 11.8. The van der Waals surface area contributed by atoms with Crippen molar-refractivity contribution >= 4 is 29.1 Å². The van der Waals surface area contributed by atoms with Crippen LogP contribution in [0.3, 0.4) is 0 Å². The van der Waals surface area contributed by atoms with Gasteiger partial charge < -0.3 is 14.6 Å². The highest BCUT2D eigenvalue weighted by Crippen LogP contribution is 2.30. The largest absolute Gasteiger partial charge is 0.383 e. The zero-order chi connectivity index (χ0) is 14.5. The number of benzene rings is 1. The van der Waals surface area contributed by atoms with Gasteiger partial charge in [0, 0.05) is 30.3 Å². The molecule has 5 nitrogen and oxygen atoms in total. The van der Waals surface area contributed by atoms with Crippen LogP contribution in [0.1, 0.15) is 10.5 Å². The Morgan fingerprint density at radius 2 is 2.20 bits per heavy atom. The lowest BCUT2D eigenvalue weighted by molar-refractivity contribution is 0.0928. The maximum Gasteiger partial charge on any atom is 0.273 e. The molecule has 0 aliphatic rings. The number of methoxy groups -OCH3 is 1. The third-order valence-corrected chi connectivity index (χ3v) is 3.08. The topological polar surface area (TPSA) is 64.4 Å². The summed E-state index contributed by atoms with van der Waals surface area (Å²) in [4.78, 5) is 11.8. The third-order valence-electron chi connectivity index (χ3n) is 2.53. The second kappa shape index (κ2) is 6.74. The smallest absolute Gasteiger partial charge is 0.273 e. The van der Waals surface area contributed by atoms with E-state index in [0.29, 0.717) is 34.5 Å². The molecule has 0 aliphatic carbocycles. The van der Waals surface area contributed by atoms with Crippen molar-refractivity contribution in [3.63, 3.8) is 0 Å². The Hall–Kier alpha value is -1.56. The molecule has 0 radical (unpaired) electrons. The molecule has 2 aromatic rings. The first-order valence-corrected chi connectivity index (χ1v) is 6.56. The molecule has 20 heavy (non-hydrogen) atoms. The van der Waals surface area contributed by atoms with Crippen molar-refractivity contribution < 1.29 is 14.1 Å². The van der Waals surface area contributed by atoms with Gasteiger partial charge in [-0.2, -0.15) is 0 Å². The predicted octanol–water partition coefficient (Wildman–Crippen LogP) is 3.02. The molecule has 0 saturated carbocycles. The standard InChI is InChI=1S/C13H12Cl2N2O3/c1-19-5-4-16-13(18)11-7-12(20-17-11)9-3-2-8(14)6-10(9)15/h2-3,6-7H,4-5H2,1H3,(H,16,18). The summed E-state index contributed by atoms with van der Waals surface area (Å²) in [6, 6.07) is 6.51. The van der Waals surface area contributed by atoms with Crippen molar-refractivity contribution in [2.45, 2.75) is 0 Å². The average molecular weight is 315 g/mol. The molecule has 1 N–H and O–H groups in total. The Morgan fingerprint density at radius 1 is 1.40 bits per heavy atom. The van der Waals surface area contributed by atoms with Gasteiger partial charge in [-0.1, -0.05) is 28.4 Å². The monoisotopic (exact) mass is 314 g/mol. The van der Waals surface area contributed by atoms with E-state index >= 15 is 0 Å². The molecular weight excluding hydrogens is 303 g/mol. The fraction of sp³-hybridized carbons (Fsp3) is 0.231. The van der Waals surface area contributed by atoms with Gasteiger partial charge >= 0.3 is 0 Å². The molecule has 1 aromatic carbocycles. The second-order valence-corrected chi connectivity index (χ2v) is 4.79. The van der Waals surface area contributed by atoms with E-state index in [1.807, 2.05) is 0 Å². The summed E-state index contributed by atoms with van der Waals surface area (Å²) in [5.41, 5.74) is 0.807. The van der Waals surface area contributed by atoms with Crippen LogP contribution in [0.15, 0.2) is 28.8 Å². The zero-order valence-corrected chi connectivity index (χ0v) is 12.2. The van der Waals surface area contributed by atoms with Crippen LogP contribution in [0.25, 0.3) is 11.3 Å². The van der Waals surface area contributed by atoms with E-state index in [2.05, 4.69) is 10.5 Å². The molecule has 106 valence electrons. The summed E-state index contributed by atoms with van der Waals surface area (Å²) in [7, 11) is 1.56. The molecule has 0 aliphatic heterocycles. The van der Waals surface area contributed by atoms with E-state index in [9.17, 15) is 4.79 Å². The van der Waals surface area contributed by atoms with E-state index in [1.54, 1.807) is 25.3 Å². The fourth-order valence-electron chi connectivity index (χ4n) is 1.56. The Kier molecular flexibility index (Phi) is 5.00. The van der Waals surface area contributed by atoms with E-state index < -0.39 is 0 Å². The van der Waals surface area contributed by atoms with Crippen LogP contribution in [0, 0.1) is 0 Å². The van der Waals surface area contributed by atoms with Gasteiger partial charge in [-0.15, -0.1) is 0 Å². The summed E-state index contributed by atoms with van der Waals surface area (Å²) >= 11 is 11.9. The van der Waals surface area contributed by atoms with Crippen LogP contribution in [-0.2, 0) is 4.74 Å². The van der Waals surface area contributed by atoms with Crippen molar-refractivity contribution in [1.29, 1.82) is 0 Å². The average Bonchev–Trinajstić information content (AvgIpc) is 2.88. The summed E-state index contributed by atoms with van der Waals surface area (Å²) in [6.07, 6.45) is 0. The first-order chi connectivity index (χ1) is 9.61. The normalized spacial score (nSPS) is 10.6. The number of amides is 1. The van der Waals surface area contributed by atoms with Crippen molar-refractivity contribution in [2.24, 2.45) is 0 Å². The quantitative estimate of drug-likeness (QED) is 0.862. The second-order valence-electron chi connectivity index (χ2n) is 3.95. The van der Waals surface area contributed by atoms with E-state index in [0.717, 1.165) is 0 Å². The van der Waals surface area contributed by atoms with Gasteiger partial charge in [0.1, 0.15) is 0 Å². The molecule has 2 rings (SSSR count). The molecule has 0 spiro atoms. The van der Waals surface area contributed by atoms with Gasteiger partial charge in [-0.05, 0) is 18.2 Å². The van der Waals surface area contributed by atoms with Gasteiger partial charge in [0.2, 0.25) is 0 Å². The van der Waals surface area contributed by atoms with Crippen LogP contribution >= 0.6 is 23.2 Å². The lowest BCUT2D eigenvalue weighted by Crippen LogP contribution is -2.27. The van der Waals surface area contributed by atoms with Crippen molar-refractivity contribution in [3.8, 4) is 11.3 Å². The number of aromatic nitrogens is 1. The Bertz CT molecular complexity index is 613. The number of hydrogen-bond acceptors (Lipinski definition) is 4. The molecule has 0 atom stereocenters. The lowest BCUT2D eigenvalue weighted by Gasteiger charge is -2.00. The molecule has 0 saturated heterocycles. The van der Waals surface area contributed by atoms with Crippen LogP contribution in [0.5, 0.6) is 0 Å². The van der Waals surface area contributed by atoms with Crippen LogP contribution in [0.2, 0.25) is 10.0 Å². The molecule has 7 heteroatoms. The van der Waals surface area contributed by atoms with Gasteiger partial charge in [-0.25, -0.2) is 0 Å². The zero-order valence-electron chi connectivity index (χ0n) is 10.7. The van der Waals surface area contributed by atoms with Crippen LogP contribution in [0.4, 0.5) is 0 Å². The van der Waals surface area contributed by atoms with Crippen LogP contribution < -0.4 is 5.32 Å².